The van der Waals surface area contributed by atoms with Gasteiger partial charge in [-0.2, -0.15) is 0 Å². The summed E-state index contributed by atoms with van der Waals surface area (Å²) in [5.74, 6) is -3.12. The van der Waals surface area contributed by atoms with Gasteiger partial charge in [-0.3, -0.25) is 24.1 Å². The molecule has 1 aromatic rings. The monoisotopic (exact) mass is 579 g/mol. The van der Waals surface area contributed by atoms with Crippen molar-refractivity contribution in [3.8, 4) is 5.75 Å². The van der Waals surface area contributed by atoms with Crippen LogP contribution >= 0.6 is 0 Å². The number of hydrogen-bond donors (Lipinski definition) is 0. The average Bonchev–Trinajstić information content (AvgIpc) is 2.91. The van der Waals surface area contributed by atoms with Gasteiger partial charge in [-0.15, -0.1) is 0 Å². The fourth-order valence-corrected chi connectivity index (χ4v) is 4.62. The molecular formula is C28H37NO12. The van der Waals surface area contributed by atoms with E-state index in [0.29, 0.717) is 12.1 Å². The summed E-state index contributed by atoms with van der Waals surface area (Å²) in [6.07, 6.45) is -3.01. The van der Waals surface area contributed by atoms with E-state index in [1.807, 2.05) is 0 Å². The second-order valence-corrected chi connectivity index (χ2v) is 9.75. The number of carbonyl (C=O) groups is 5. The van der Waals surface area contributed by atoms with Crippen molar-refractivity contribution in [2.75, 3.05) is 32.8 Å². The van der Waals surface area contributed by atoms with Crippen LogP contribution in [0.25, 0.3) is 0 Å². The summed E-state index contributed by atoms with van der Waals surface area (Å²) in [6.45, 7) is 7.18. The SMILES string of the molecule is CC(=O)OC[C@H]1O[C@@H](Oc2ccc(C(=O)OCCN3CCCCC3)cc2)[C@H](OC(C)=O)[C@@H](OC(C)=O)[C@@H]1OC(C)=O. The number of rotatable bonds is 11. The lowest BCUT2D eigenvalue weighted by Crippen LogP contribution is -2.63. The van der Waals surface area contributed by atoms with E-state index in [-0.39, 0.29) is 19.0 Å². The first-order chi connectivity index (χ1) is 19.5. The molecule has 2 heterocycles. The molecule has 0 radical (unpaired) electrons. The van der Waals surface area contributed by atoms with Crippen LogP contribution in [-0.4, -0.2) is 98.3 Å². The van der Waals surface area contributed by atoms with Crippen LogP contribution in [0.1, 0.15) is 57.3 Å². The molecule has 0 aliphatic carbocycles. The third-order valence-corrected chi connectivity index (χ3v) is 6.38. The topological polar surface area (TPSA) is 153 Å². The maximum Gasteiger partial charge on any atom is 0.338 e. The summed E-state index contributed by atoms with van der Waals surface area (Å²) in [5, 5.41) is 0. The van der Waals surface area contributed by atoms with Crippen LogP contribution in [-0.2, 0) is 47.6 Å². The molecule has 2 saturated heterocycles. The molecule has 0 saturated carbocycles. The molecular weight excluding hydrogens is 542 g/mol. The lowest BCUT2D eigenvalue weighted by Gasteiger charge is -2.43. The molecule has 0 spiro atoms. The fraction of sp³-hybridized carbons (Fsp3) is 0.607. The van der Waals surface area contributed by atoms with Crippen molar-refractivity contribution < 1.29 is 57.1 Å². The van der Waals surface area contributed by atoms with E-state index in [1.165, 1.54) is 37.6 Å². The number of hydrogen-bond acceptors (Lipinski definition) is 13. The maximum atomic E-state index is 12.5. The van der Waals surface area contributed by atoms with Crippen molar-refractivity contribution in [2.24, 2.45) is 0 Å². The van der Waals surface area contributed by atoms with Gasteiger partial charge < -0.3 is 33.2 Å². The molecule has 2 aliphatic heterocycles. The van der Waals surface area contributed by atoms with Gasteiger partial charge in [0.15, 0.2) is 12.2 Å². The number of likely N-dealkylation sites (tertiary alicyclic amines) is 1. The molecule has 41 heavy (non-hydrogen) atoms. The molecule has 0 amide bonds. The van der Waals surface area contributed by atoms with Gasteiger partial charge in [0.05, 0.1) is 5.56 Å². The van der Waals surface area contributed by atoms with Crippen LogP contribution < -0.4 is 4.74 Å². The molecule has 1 aromatic carbocycles. The van der Waals surface area contributed by atoms with Crippen molar-refractivity contribution in [3.05, 3.63) is 29.8 Å². The first kappa shape index (κ1) is 31.8. The zero-order valence-electron chi connectivity index (χ0n) is 23.7. The van der Waals surface area contributed by atoms with Gasteiger partial charge in [0, 0.05) is 34.2 Å². The van der Waals surface area contributed by atoms with Crippen LogP contribution in [0.4, 0.5) is 0 Å². The lowest BCUT2D eigenvalue weighted by atomic mass is 9.98. The van der Waals surface area contributed by atoms with Gasteiger partial charge in [-0.1, -0.05) is 6.42 Å². The molecule has 0 aromatic heterocycles. The summed E-state index contributed by atoms with van der Waals surface area (Å²) in [7, 11) is 0. The molecule has 13 heteroatoms. The van der Waals surface area contributed by atoms with Crippen LogP contribution in [0.5, 0.6) is 5.75 Å². The number of esters is 5. The van der Waals surface area contributed by atoms with Crippen LogP contribution in [0.2, 0.25) is 0 Å². The molecule has 0 unspecified atom stereocenters. The van der Waals surface area contributed by atoms with Gasteiger partial charge in [-0.05, 0) is 50.2 Å². The second kappa shape index (κ2) is 15.3. The minimum Gasteiger partial charge on any atom is -0.463 e. The highest BCUT2D eigenvalue weighted by molar-refractivity contribution is 5.89. The van der Waals surface area contributed by atoms with Crippen molar-refractivity contribution >= 4 is 29.8 Å². The minimum atomic E-state index is -1.38. The minimum absolute atomic E-state index is 0.218. The Kier molecular flexibility index (Phi) is 11.9. The van der Waals surface area contributed by atoms with E-state index < -0.39 is 60.6 Å². The van der Waals surface area contributed by atoms with E-state index >= 15 is 0 Å². The van der Waals surface area contributed by atoms with E-state index in [9.17, 15) is 24.0 Å². The Hall–Kier alpha value is -3.71. The molecule has 2 aliphatic rings. The summed E-state index contributed by atoms with van der Waals surface area (Å²) < 4.78 is 38.4. The third-order valence-electron chi connectivity index (χ3n) is 6.38. The number of piperidine rings is 1. The van der Waals surface area contributed by atoms with Gasteiger partial charge >= 0.3 is 29.8 Å². The Morgan fingerprint density at radius 1 is 0.756 bits per heavy atom. The van der Waals surface area contributed by atoms with Crippen molar-refractivity contribution in [2.45, 2.75) is 77.7 Å². The molecule has 13 nitrogen and oxygen atoms in total. The molecule has 0 bridgehead atoms. The Labute approximate surface area is 238 Å². The second-order valence-electron chi connectivity index (χ2n) is 9.75. The smallest absolute Gasteiger partial charge is 0.338 e. The lowest BCUT2D eigenvalue weighted by molar-refractivity contribution is -0.288. The predicted molar refractivity (Wildman–Crippen MR) is 140 cm³/mol. The van der Waals surface area contributed by atoms with Gasteiger partial charge in [0.1, 0.15) is 25.1 Å². The highest BCUT2D eigenvalue weighted by atomic mass is 16.7. The first-order valence-electron chi connectivity index (χ1n) is 13.5. The van der Waals surface area contributed by atoms with Gasteiger partial charge in [-0.25, -0.2) is 4.79 Å². The predicted octanol–water partition coefficient (Wildman–Crippen LogP) is 1.79. The van der Waals surface area contributed by atoms with E-state index in [4.69, 9.17) is 33.2 Å². The number of benzene rings is 1. The quantitative estimate of drug-likeness (QED) is 0.277. The third kappa shape index (κ3) is 10.0. The van der Waals surface area contributed by atoms with Crippen LogP contribution in [0, 0.1) is 0 Å². The number of nitrogens with zero attached hydrogens (tertiary/aromatic N) is 1. The summed E-state index contributed by atoms with van der Waals surface area (Å²) >= 11 is 0. The first-order valence-corrected chi connectivity index (χ1v) is 13.5. The van der Waals surface area contributed by atoms with E-state index in [1.54, 1.807) is 0 Å². The highest BCUT2D eigenvalue weighted by Crippen LogP contribution is 2.31. The molecule has 3 rings (SSSR count). The normalized spacial score (nSPS) is 24.4. The Balaban J connectivity index is 1.75. The highest BCUT2D eigenvalue weighted by Gasteiger charge is 2.53. The van der Waals surface area contributed by atoms with Crippen LogP contribution in [0.15, 0.2) is 24.3 Å². The summed E-state index contributed by atoms with van der Waals surface area (Å²) in [4.78, 5) is 62.0. The fourth-order valence-electron chi connectivity index (χ4n) is 4.62. The molecule has 0 N–H and O–H groups in total. The Bertz CT molecular complexity index is 1070. The zero-order valence-corrected chi connectivity index (χ0v) is 23.7. The average molecular weight is 580 g/mol. The zero-order chi connectivity index (χ0) is 29.9. The molecule has 226 valence electrons. The largest absolute Gasteiger partial charge is 0.463 e. The molecule has 5 atom stereocenters. The maximum absolute atomic E-state index is 12.5. The number of ether oxygens (including phenoxy) is 7. The van der Waals surface area contributed by atoms with E-state index in [0.717, 1.165) is 46.7 Å². The number of carbonyl (C=O) groups excluding carboxylic acids is 5. The summed E-state index contributed by atoms with van der Waals surface area (Å²) in [5.41, 5.74) is 0.303. The Morgan fingerprint density at radius 3 is 1.93 bits per heavy atom. The van der Waals surface area contributed by atoms with Gasteiger partial charge in [0.2, 0.25) is 12.4 Å². The van der Waals surface area contributed by atoms with Crippen molar-refractivity contribution in [3.63, 3.8) is 0 Å². The van der Waals surface area contributed by atoms with E-state index in [2.05, 4.69) is 4.90 Å². The molecule has 2 fully saturated rings. The van der Waals surface area contributed by atoms with Crippen molar-refractivity contribution in [1.29, 1.82) is 0 Å². The standard InChI is InChI=1S/C28H37NO12/c1-17(30)36-16-23-24(37-18(2)31)25(38-19(3)32)26(39-20(4)33)28(41-23)40-22-10-8-21(9-11-22)27(34)35-15-14-29-12-6-5-7-13-29/h8-11,23-26,28H,5-7,12-16H2,1-4H3/t23-,24-,25+,26-,28-/m1/s1. The van der Waals surface area contributed by atoms with Crippen molar-refractivity contribution in [1.82, 2.24) is 4.90 Å². The Morgan fingerprint density at radius 2 is 1.34 bits per heavy atom. The van der Waals surface area contributed by atoms with Gasteiger partial charge in [0.25, 0.3) is 0 Å². The summed E-state index contributed by atoms with van der Waals surface area (Å²) in [6, 6.07) is 6.00. The van der Waals surface area contributed by atoms with Crippen LogP contribution in [0.3, 0.4) is 0 Å².